The highest BCUT2D eigenvalue weighted by atomic mass is 16.6. The molecule has 30 heavy (non-hydrogen) atoms. The van der Waals surface area contributed by atoms with Crippen LogP contribution in [0.25, 0.3) is 0 Å². The molecule has 1 atom stereocenters. The summed E-state index contributed by atoms with van der Waals surface area (Å²) in [5, 5.41) is 5.16. The predicted molar refractivity (Wildman–Crippen MR) is 114 cm³/mol. The monoisotopic (exact) mass is 409 g/mol. The molecule has 2 heterocycles. The number of amides is 3. The van der Waals surface area contributed by atoms with Crippen molar-refractivity contribution in [3.05, 3.63) is 53.1 Å². The Labute approximate surface area is 176 Å². The summed E-state index contributed by atoms with van der Waals surface area (Å²) in [6, 6.07) is 11.2. The van der Waals surface area contributed by atoms with Crippen molar-refractivity contribution in [2.24, 2.45) is 0 Å². The lowest BCUT2D eigenvalue weighted by Gasteiger charge is -2.26. The van der Waals surface area contributed by atoms with Crippen LogP contribution >= 0.6 is 0 Å². The van der Waals surface area contributed by atoms with Crippen LogP contribution in [-0.4, -0.2) is 43.1 Å². The Morgan fingerprint density at radius 2 is 1.83 bits per heavy atom. The lowest BCUT2D eigenvalue weighted by Crippen LogP contribution is -2.41. The average molecular weight is 409 g/mol. The zero-order valence-electron chi connectivity index (χ0n) is 17.4. The molecule has 7 nitrogen and oxygen atoms in total. The Morgan fingerprint density at radius 1 is 1.03 bits per heavy atom. The number of likely N-dealkylation sites (tertiary alicyclic amines) is 1. The van der Waals surface area contributed by atoms with Gasteiger partial charge in [-0.3, -0.25) is 15.0 Å². The fourth-order valence-corrected chi connectivity index (χ4v) is 3.99. The molecule has 1 saturated heterocycles. The van der Waals surface area contributed by atoms with Gasteiger partial charge in [0.15, 0.2) is 11.5 Å². The van der Waals surface area contributed by atoms with E-state index in [4.69, 9.17) is 9.47 Å². The molecule has 0 aromatic heterocycles. The topological polar surface area (TPSA) is 79.9 Å². The van der Waals surface area contributed by atoms with Crippen LogP contribution < -0.4 is 20.1 Å². The first kappa shape index (κ1) is 20.2. The number of nitrogens with zero attached hydrogens (tertiary/aromatic N) is 1. The molecule has 2 aromatic carbocycles. The summed E-state index contributed by atoms with van der Waals surface area (Å²) >= 11 is 0. The van der Waals surface area contributed by atoms with Crippen LogP contribution in [0.2, 0.25) is 0 Å². The molecule has 0 radical (unpaired) electrons. The van der Waals surface area contributed by atoms with Gasteiger partial charge in [0.25, 0.3) is 0 Å². The van der Waals surface area contributed by atoms with Crippen LogP contribution in [-0.2, 0) is 4.79 Å². The quantitative estimate of drug-likeness (QED) is 0.807. The van der Waals surface area contributed by atoms with Crippen molar-refractivity contribution < 1.29 is 19.1 Å². The molecule has 2 aliphatic heterocycles. The Morgan fingerprint density at radius 3 is 2.63 bits per heavy atom. The van der Waals surface area contributed by atoms with Gasteiger partial charge >= 0.3 is 6.03 Å². The van der Waals surface area contributed by atoms with Crippen molar-refractivity contribution in [2.45, 2.75) is 32.7 Å². The number of carbonyl (C=O) groups excluding carboxylic acids is 2. The molecule has 2 aromatic rings. The number of aryl methyl sites for hydroxylation is 2. The average Bonchev–Trinajstić information content (AvgIpc) is 3.18. The molecular formula is C23H27N3O4. The molecule has 2 aliphatic rings. The van der Waals surface area contributed by atoms with E-state index in [9.17, 15) is 9.59 Å². The molecule has 4 rings (SSSR count). The smallest absolute Gasteiger partial charge is 0.325 e. The largest absolute Gasteiger partial charge is 0.486 e. The highest BCUT2D eigenvalue weighted by Crippen LogP contribution is 2.37. The van der Waals surface area contributed by atoms with E-state index >= 15 is 0 Å². The molecule has 0 saturated carbocycles. The fraction of sp³-hybridized carbons (Fsp3) is 0.391. The minimum Gasteiger partial charge on any atom is -0.486 e. The van der Waals surface area contributed by atoms with Crippen LogP contribution in [0.1, 0.15) is 35.6 Å². The first-order valence-electron chi connectivity index (χ1n) is 10.3. The molecule has 0 unspecified atom stereocenters. The van der Waals surface area contributed by atoms with Crippen LogP contribution in [0, 0.1) is 13.8 Å². The number of rotatable bonds is 4. The molecule has 7 heteroatoms. The number of urea groups is 1. The SMILES string of the molecule is Cc1ccc(NC(=O)NC(=O)CN2CCC[C@H]2c2ccc3c(c2)OCCO3)cc1C. The van der Waals surface area contributed by atoms with Crippen LogP contribution in [0.3, 0.4) is 0 Å². The number of hydrogen-bond acceptors (Lipinski definition) is 5. The first-order valence-corrected chi connectivity index (χ1v) is 10.3. The van der Waals surface area contributed by atoms with Crippen molar-refractivity contribution in [3.63, 3.8) is 0 Å². The lowest BCUT2D eigenvalue weighted by atomic mass is 10.0. The Kier molecular flexibility index (Phi) is 5.90. The summed E-state index contributed by atoms with van der Waals surface area (Å²) in [5.41, 5.74) is 4.00. The second kappa shape index (κ2) is 8.75. The van der Waals surface area contributed by atoms with Gasteiger partial charge in [0.1, 0.15) is 13.2 Å². The number of imide groups is 1. The fourth-order valence-electron chi connectivity index (χ4n) is 3.99. The highest BCUT2D eigenvalue weighted by Gasteiger charge is 2.29. The third-order valence-electron chi connectivity index (χ3n) is 5.68. The van der Waals surface area contributed by atoms with E-state index in [1.54, 1.807) is 0 Å². The Hall–Kier alpha value is -3.06. The first-order chi connectivity index (χ1) is 14.5. The second-order valence-electron chi connectivity index (χ2n) is 7.83. The minimum atomic E-state index is -0.515. The van der Waals surface area contributed by atoms with Crippen molar-refractivity contribution >= 4 is 17.6 Å². The number of fused-ring (bicyclic) bond motifs is 1. The molecule has 2 N–H and O–H groups in total. The maximum Gasteiger partial charge on any atom is 0.325 e. The summed E-state index contributed by atoms with van der Waals surface area (Å²) in [7, 11) is 0. The Balaban J connectivity index is 1.35. The Bertz CT molecular complexity index is 959. The van der Waals surface area contributed by atoms with E-state index in [-0.39, 0.29) is 18.5 Å². The standard InChI is InChI=1S/C23H27N3O4/c1-15-5-7-18(12-16(15)2)24-23(28)25-22(27)14-26-9-3-4-19(26)17-6-8-20-21(13-17)30-11-10-29-20/h5-8,12-13,19H,3-4,9-11,14H2,1-2H3,(H2,24,25,27,28)/t19-/m0/s1. The molecule has 158 valence electrons. The van der Waals surface area contributed by atoms with Gasteiger partial charge < -0.3 is 14.8 Å². The van der Waals surface area contributed by atoms with E-state index in [1.807, 2.05) is 50.2 Å². The van der Waals surface area contributed by atoms with Gasteiger partial charge in [0, 0.05) is 11.7 Å². The van der Waals surface area contributed by atoms with E-state index in [0.717, 1.165) is 47.6 Å². The van der Waals surface area contributed by atoms with Crippen molar-refractivity contribution in [3.8, 4) is 11.5 Å². The van der Waals surface area contributed by atoms with Crippen LogP contribution in [0.15, 0.2) is 36.4 Å². The maximum atomic E-state index is 12.5. The number of hydrogen-bond donors (Lipinski definition) is 2. The number of ether oxygens (including phenoxy) is 2. The minimum absolute atomic E-state index is 0.120. The number of carbonyl (C=O) groups is 2. The zero-order chi connectivity index (χ0) is 21.1. The highest BCUT2D eigenvalue weighted by molar-refractivity contribution is 6.01. The van der Waals surface area contributed by atoms with Crippen molar-refractivity contribution in [1.29, 1.82) is 0 Å². The predicted octanol–water partition coefficient (Wildman–Crippen LogP) is 3.56. The summed E-state index contributed by atoms with van der Waals surface area (Å²) in [6.45, 7) is 6.08. The molecule has 0 bridgehead atoms. The van der Waals surface area contributed by atoms with Crippen molar-refractivity contribution in [1.82, 2.24) is 10.2 Å². The van der Waals surface area contributed by atoms with Crippen molar-refractivity contribution in [2.75, 3.05) is 31.6 Å². The third-order valence-corrected chi connectivity index (χ3v) is 5.68. The molecule has 0 spiro atoms. The summed E-state index contributed by atoms with van der Waals surface area (Å²) in [4.78, 5) is 26.8. The van der Waals surface area contributed by atoms with Gasteiger partial charge in [-0.2, -0.15) is 0 Å². The van der Waals surface area contributed by atoms with Gasteiger partial charge in [-0.1, -0.05) is 12.1 Å². The van der Waals surface area contributed by atoms with Gasteiger partial charge in [-0.25, -0.2) is 4.79 Å². The van der Waals surface area contributed by atoms with Gasteiger partial charge in [-0.05, 0) is 74.2 Å². The molecular weight excluding hydrogens is 382 g/mol. The molecule has 0 aliphatic carbocycles. The molecule has 3 amide bonds. The summed E-state index contributed by atoms with van der Waals surface area (Å²) < 4.78 is 11.3. The van der Waals surface area contributed by atoms with E-state index in [0.29, 0.717) is 18.9 Å². The van der Waals surface area contributed by atoms with Gasteiger partial charge in [0.2, 0.25) is 5.91 Å². The lowest BCUT2D eigenvalue weighted by molar-refractivity contribution is -0.121. The molecule has 1 fully saturated rings. The summed E-state index contributed by atoms with van der Waals surface area (Å²) in [6.07, 6.45) is 1.96. The number of benzene rings is 2. The third kappa shape index (κ3) is 4.57. The van der Waals surface area contributed by atoms with E-state index < -0.39 is 6.03 Å². The van der Waals surface area contributed by atoms with Crippen LogP contribution in [0.4, 0.5) is 10.5 Å². The van der Waals surface area contributed by atoms with Crippen LogP contribution in [0.5, 0.6) is 11.5 Å². The zero-order valence-corrected chi connectivity index (χ0v) is 17.4. The van der Waals surface area contributed by atoms with E-state index in [2.05, 4.69) is 15.5 Å². The van der Waals surface area contributed by atoms with Gasteiger partial charge in [-0.15, -0.1) is 0 Å². The van der Waals surface area contributed by atoms with Gasteiger partial charge in [0.05, 0.1) is 6.54 Å². The second-order valence-corrected chi connectivity index (χ2v) is 7.83. The number of nitrogens with one attached hydrogen (secondary N) is 2. The normalized spacial score (nSPS) is 18.1. The summed E-state index contributed by atoms with van der Waals surface area (Å²) in [5.74, 6) is 1.19. The maximum absolute atomic E-state index is 12.5. The number of anilines is 1. The van der Waals surface area contributed by atoms with E-state index in [1.165, 1.54) is 0 Å².